The summed E-state index contributed by atoms with van der Waals surface area (Å²) >= 11 is 0. The second-order valence-electron chi connectivity index (χ2n) is 8.55. The van der Waals surface area contributed by atoms with Gasteiger partial charge >= 0.3 is 11.9 Å². The van der Waals surface area contributed by atoms with Crippen molar-refractivity contribution in [2.45, 2.75) is 30.7 Å². The van der Waals surface area contributed by atoms with Crippen LogP contribution in [0.2, 0.25) is 0 Å². The van der Waals surface area contributed by atoms with Gasteiger partial charge in [-0.05, 0) is 12.1 Å². The van der Waals surface area contributed by atoms with Crippen molar-refractivity contribution in [2.75, 3.05) is 13.2 Å². The Morgan fingerprint density at radius 1 is 0.923 bits per heavy atom. The highest BCUT2D eigenvalue weighted by atomic mass is 16.7. The number of phenolic OH excluding ortho intramolecular Hbond substituents is 6. The van der Waals surface area contributed by atoms with Gasteiger partial charge in [-0.1, -0.05) is 6.58 Å². The number of phenols is 6. The molecule has 2 bridgehead atoms. The summed E-state index contributed by atoms with van der Waals surface area (Å²) in [5.74, 6) is -9.72. The first kappa shape index (κ1) is 27.3. The standard InChI is InChI=1S/C24H21NO14/c1-7(4-25)5-37-24-20(33)21-17(30)12(38-24)6-36-22(34)8-2-10(26)15(28)18(31)13(8)14-9(23(35)39-21)3-11(27)16(29)19(14)32/h2-3,12,17,20-21,24,26-33H,1,5-6H2/t12-,17-,20-,21+,24-/m1/s1. The fourth-order valence-corrected chi connectivity index (χ4v) is 4.07. The van der Waals surface area contributed by atoms with E-state index in [0.717, 1.165) is 0 Å². The molecule has 0 aromatic heterocycles. The van der Waals surface area contributed by atoms with Crippen LogP contribution in [0.25, 0.3) is 11.1 Å². The Kier molecular flexibility index (Phi) is 7.13. The zero-order valence-electron chi connectivity index (χ0n) is 19.6. The highest BCUT2D eigenvalue weighted by Gasteiger charge is 2.49. The fraction of sp³-hybridized carbons (Fsp3) is 0.292. The number of aliphatic hydroxyl groups excluding tert-OH is 2. The van der Waals surface area contributed by atoms with Crippen LogP contribution in [-0.2, 0) is 18.9 Å². The molecule has 5 atom stereocenters. The molecular weight excluding hydrogens is 526 g/mol. The number of carbonyl (C=O) groups excluding carboxylic acids is 2. The van der Waals surface area contributed by atoms with Crippen LogP contribution in [0.15, 0.2) is 24.3 Å². The molecular formula is C24H21NO14. The van der Waals surface area contributed by atoms with Crippen LogP contribution in [0, 0.1) is 11.3 Å². The lowest BCUT2D eigenvalue weighted by molar-refractivity contribution is -0.297. The first-order chi connectivity index (χ1) is 18.4. The van der Waals surface area contributed by atoms with Crippen molar-refractivity contribution in [1.82, 2.24) is 0 Å². The maximum atomic E-state index is 13.3. The second-order valence-corrected chi connectivity index (χ2v) is 8.55. The zero-order chi connectivity index (χ0) is 28.8. The first-order valence-electron chi connectivity index (χ1n) is 11.0. The number of esters is 2. The van der Waals surface area contributed by atoms with Gasteiger partial charge in [-0.15, -0.1) is 0 Å². The molecule has 0 unspecified atom stereocenters. The number of hydrogen-bond donors (Lipinski definition) is 8. The number of carbonyl (C=O) groups is 2. The second kappa shape index (κ2) is 10.2. The predicted octanol–water partition coefficient (Wildman–Crippen LogP) is -0.174. The molecule has 206 valence electrons. The van der Waals surface area contributed by atoms with Crippen molar-refractivity contribution in [1.29, 1.82) is 5.26 Å². The topological polar surface area (TPSA) is 257 Å². The van der Waals surface area contributed by atoms with Gasteiger partial charge in [0.25, 0.3) is 0 Å². The molecule has 8 N–H and O–H groups in total. The molecule has 2 heterocycles. The molecule has 4 rings (SSSR count). The van der Waals surface area contributed by atoms with Gasteiger partial charge in [0.05, 0.1) is 23.8 Å². The molecule has 39 heavy (non-hydrogen) atoms. The van der Waals surface area contributed by atoms with E-state index in [1.54, 1.807) is 6.07 Å². The van der Waals surface area contributed by atoms with Crippen molar-refractivity contribution < 1.29 is 69.4 Å². The molecule has 0 aliphatic carbocycles. The molecule has 15 heteroatoms. The Morgan fingerprint density at radius 2 is 1.46 bits per heavy atom. The van der Waals surface area contributed by atoms with E-state index < -0.39 is 113 Å². The summed E-state index contributed by atoms with van der Waals surface area (Å²) in [5.41, 5.74) is -3.28. The number of rotatable bonds is 3. The highest BCUT2D eigenvalue weighted by molar-refractivity contribution is 6.08. The van der Waals surface area contributed by atoms with E-state index in [1.165, 1.54) is 0 Å². The SMILES string of the molecule is C=C(C#N)CO[C@@H]1O[C@@H]2COC(=O)c3cc(O)c(O)c(O)c3-c3c(cc(O)c(O)c3O)C(=O)O[C@H]([C@H]1O)[C@@H]2O. The van der Waals surface area contributed by atoms with Gasteiger partial charge in [-0.25, -0.2) is 9.59 Å². The summed E-state index contributed by atoms with van der Waals surface area (Å²) in [4.78, 5) is 26.4. The smallest absolute Gasteiger partial charge is 0.339 e. The number of cyclic esters (lactones) is 1. The van der Waals surface area contributed by atoms with Crippen LogP contribution in [0.1, 0.15) is 20.7 Å². The summed E-state index contributed by atoms with van der Waals surface area (Å²) in [6, 6.07) is 2.92. The minimum absolute atomic E-state index is 0.0676. The molecule has 15 nitrogen and oxygen atoms in total. The molecule has 0 saturated carbocycles. The first-order valence-corrected chi connectivity index (χ1v) is 11.0. The summed E-state index contributed by atoms with van der Waals surface area (Å²) in [6.45, 7) is 2.21. The molecule has 1 fully saturated rings. The van der Waals surface area contributed by atoms with Crippen LogP contribution >= 0.6 is 0 Å². The minimum atomic E-state index is -1.89. The van der Waals surface area contributed by atoms with E-state index in [1.807, 2.05) is 0 Å². The van der Waals surface area contributed by atoms with E-state index >= 15 is 0 Å². The van der Waals surface area contributed by atoms with E-state index in [-0.39, 0.29) is 5.57 Å². The molecule has 2 aromatic carbocycles. The average molecular weight is 547 g/mol. The van der Waals surface area contributed by atoms with Crippen molar-refractivity contribution >= 4 is 11.9 Å². The minimum Gasteiger partial charge on any atom is -0.504 e. The Hall–Kier alpha value is -4.75. The van der Waals surface area contributed by atoms with Crippen molar-refractivity contribution in [2.24, 2.45) is 0 Å². The largest absolute Gasteiger partial charge is 0.504 e. The Morgan fingerprint density at radius 3 is 2.00 bits per heavy atom. The van der Waals surface area contributed by atoms with Crippen LogP contribution in [0.4, 0.5) is 0 Å². The Labute approximate surface area is 218 Å². The number of benzene rings is 2. The van der Waals surface area contributed by atoms with Gasteiger partial charge in [0.1, 0.15) is 24.9 Å². The van der Waals surface area contributed by atoms with Crippen LogP contribution in [0.3, 0.4) is 0 Å². The van der Waals surface area contributed by atoms with Crippen molar-refractivity contribution in [3.63, 3.8) is 0 Å². The lowest BCUT2D eigenvalue weighted by Crippen LogP contribution is -2.60. The zero-order valence-corrected chi connectivity index (χ0v) is 19.6. The van der Waals surface area contributed by atoms with Gasteiger partial charge < -0.3 is 59.8 Å². The van der Waals surface area contributed by atoms with Gasteiger partial charge in [-0.2, -0.15) is 5.26 Å². The van der Waals surface area contributed by atoms with Gasteiger partial charge in [0.15, 0.2) is 35.4 Å². The third-order valence-corrected chi connectivity index (χ3v) is 6.04. The van der Waals surface area contributed by atoms with Crippen LogP contribution < -0.4 is 0 Å². The van der Waals surface area contributed by atoms with Crippen molar-refractivity contribution in [3.05, 3.63) is 35.4 Å². The van der Waals surface area contributed by atoms with E-state index in [9.17, 15) is 50.4 Å². The average Bonchev–Trinajstić information content (AvgIpc) is 2.90. The number of ether oxygens (including phenoxy) is 4. The fourth-order valence-electron chi connectivity index (χ4n) is 4.07. The third-order valence-electron chi connectivity index (χ3n) is 6.04. The lowest BCUT2D eigenvalue weighted by atomic mass is 9.91. The number of fused-ring (bicyclic) bond motifs is 5. The Bertz CT molecular complexity index is 1410. The van der Waals surface area contributed by atoms with E-state index in [2.05, 4.69) is 6.58 Å². The number of nitriles is 1. The van der Waals surface area contributed by atoms with Gasteiger partial charge in [0, 0.05) is 16.7 Å². The summed E-state index contributed by atoms with van der Waals surface area (Å²) in [5, 5.41) is 91.9. The number of aliphatic hydroxyl groups is 2. The van der Waals surface area contributed by atoms with Gasteiger partial charge in [0.2, 0.25) is 11.5 Å². The lowest BCUT2D eigenvalue weighted by Gasteiger charge is -2.41. The number of nitrogens with zero attached hydrogens (tertiary/aromatic N) is 1. The summed E-state index contributed by atoms with van der Waals surface area (Å²) in [6.07, 6.45) is -8.73. The van der Waals surface area contributed by atoms with Crippen LogP contribution in [0.5, 0.6) is 34.5 Å². The summed E-state index contributed by atoms with van der Waals surface area (Å²) in [7, 11) is 0. The maximum Gasteiger partial charge on any atom is 0.339 e. The van der Waals surface area contributed by atoms with Gasteiger partial charge in [-0.3, -0.25) is 0 Å². The molecule has 2 aromatic rings. The third kappa shape index (κ3) is 4.69. The quantitative estimate of drug-likeness (QED) is 0.141. The predicted molar refractivity (Wildman–Crippen MR) is 123 cm³/mol. The Balaban J connectivity index is 1.92. The highest BCUT2D eigenvalue weighted by Crippen LogP contribution is 2.52. The molecule has 0 radical (unpaired) electrons. The number of aromatic hydroxyl groups is 6. The maximum absolute atomic E-state index is 13.3. The van der Waals surface area contributed by atoms with E-state index in [4.69, 9.17) is 24.2 Å². The molecule has 2 aliphatic heterocycles. The molecule has 0 amide bonds. The monoisotopic (exact) mass is 547 g/mol. The molecule has 2 aliphatic rings. The normalized spacial score (nSPS) is 24.6. The van der Waals surface area contributed by atoms with Crippen molar-refractivity contribution in [3.8, 4) is 51.7 Å². The summed E-state index contributed by atoms with van der Waals surface area (Å²) < 4.78 is 21.2. The molecule has 0 spiro atoms. The number of hydrogen-bond acceptors (Lipinski definition) is 15. The van der Waals surface area contributed by atoms with Crippen LogP contribution in [-0.4, -0.2) is 96.7 Å². The molecule has 1 saturated heterocycles. The van der Waals surface area contributed by atoms with E-state index in [0.29, 0.717) is 12.1 Å².